The van der Waals surface area contributed by atoms with Gasteiger partial charge in [0.05, 0.1) is 17.1 Å². The summed E-state index contributed by atoms with van der Waals surface area (Å²) >= 11 is 0. The van der Waals surface area contributed by atoms with Crippen LogP contribution in [0.1, 0.15) is 10.4 Å². The van der Waals surface area contributed by atoms with E-state index in [1.807, 2.05) is 0 Å². The summed E-state index contributed by atoms with van der Waals surface area (Å²) in [4.78, 5) is 10.9. The highest BCUT2D eigenvalue weighted by Crippen LogP contribution is 2.19. The largest absolute Gasteiger partial charge is 0.397 e. The zero-order valence-electron chi connectivity index (χ0n) is 9.01. The summed E-state index contributed by atoms with van der Waals surface area (Å²) in [6, 6.07) is 4.47. The Morgan fingerprint density at radius 2 is 2.00 bits per heavy atom. The minimum Gasteiger partial charge on any atom is -0.397 e. The van der Waals surface area contributed by atoms with Gasteiger partial charge >= 0.3 is 0 Å². The molecule has 7 nitrogen and oxygen atoms in total. The maximum absolute atomic E-state index is 10.9. The van der Waals surface area contributed by atoms with Crippen molar-refractivity contribution in [3.8, 4) is 0 Å². The van der Waals surface area contributed by atoms with E-state index in [0.29, 0.717) is 16.9 Å². The van der Waals surface area contributed by atoms with Crippen LogP contribution < -0.4 is 21.9 Å². The smallest absolute Gasteiger partial charge is 0.248 e. The van der Waals surface area contributed by atoms with Crippen molar-refractivity contribution in [1.82, 2.24) is 0 Å². The fraction of sp³-hybridized carbons (Fsp3) is 0.222. The summed E-state index contributed by atoms with van der Waals surface area (Å²) < 4.78 is 21.4. The number of primary sulfonamides is 1. The summed E-state index contributed by atoms with van der Waals surface area (Å²) in [6.07, 6.45) is 0. The number of hydrogen-bond donors (Lipinski definition) is 4. The number of sulfonamides is 1. The van der Waals surface area contributed by atoms with E-state index in [1.165, 1.54) is 12.1 Å². The minimum atomic E-state index is -3.51. The number of benzene rings is 1. The van der Waals surface area contributed by atoms with E-state index in [9.17, 15) is 13.2 Å². The highest BCUT2D eigenvalue weighted by Gasteiger charge is 2.06. The zero-order chi connectivity index (χ0) is 13.1. The predicted octanol–water partition coefficient (Wildman–Crippen LogP) is -0.932. The van der Waals surface area contributed by atoms with E-state index in [1.54, 1.807) is 6.07 Å². The number of amides is 1. The fourth-order valence-electron chi connectivity index (χ4n) is 1.20. The Balaban J connectivity index is 2.70. The maximum Gasteiger partial charge on any atom is 0.248 e. The van der Waals surface area contributed by atoms with Gasteiger partial charge in [-0.25, -0.2) is 13.6 Å². The number of nitrogens with one attached hydrogen (secondary N) is 1. The highest BCUT2D eigenvalue weighted by molar-refractivity contribution is 7.89. The lowest BCUT2D eigenvalue weighted by molar-refractivity contribution is 0.100. The first-order chi connectivity index (χ1) is 7.79. The lowest BCUT2D eigenvalue weighted by atomic mass is 10.1. The third-order valence-corrected chi connectivity index (χ3v) is 2.81. The van der Waals surface area contributed by atoms with Gasteiger partial charge in [-0.05, 0) is 18.2 Å². The van der Waals surface area contributed by atoms with Crippen molar-refractivity contribution in [2.24, 2.45) is 10.9 Å². The molecule has 0 fully saturated rings. The number of carbonyl (C=O) groups excluding carboxylic acids is 1. The van der Waals surface area contributed by atoms with Crippen LogP contribution in [-0.4, -0.2) is 26.6 Å². The van der Waals surface area contributed by atoms with E-state index in [-0.39, 0.29) is 12.3 Å². The quantitative estimate of drug-likeness (QED) is 0.505. The minimum absolute atomic E-state index is 0.138. The number of nitrogen functional groups attached to an aromatic ring is 1. The molecule has 17 heavy (non-hydrogen) atoms. The second-order valence-corrected chi connectivity index (χ2v) is 5.19. The number of anilines is 2. The lowest BCUT2D eigenvalue weighted by Crippen LogP contribution is -2.22. The van der Waals surface area contributed by atoms with Crippen LogP contribution in [0.3, 0.4) is 0 Å². The Kier molecular flexibility index (Phi) is 3.92. The second kappa shape index (κ2) is 5.02. The first kappa shape index (κ1) is 13.3. The van der Waals surface area contributed by atoms with E-state index in [4.69, 9.17) is 16.6 Å². The average Bonchev–Trinajstić information content (AvgIpc) is 2.18. The van der Waals surface area contributed by atoms with E-state index in [0.717, 1.165) is 0 Å². The molecule has 1 rings (SSSR count). The van der Waals surface area contributed by atoms with Crippen LogP contribution in [0, 0.1) is 0 Å². The van der Waals surface area contributed by atoms with Crippen LogP contribution in [0.5, 0.6) is 0 Å². The van der Waals surface area contributed by atoms with Gasteiger partial charge in [0.1, 0.15) is 0 Å². The number of hydrogen-bond acceptors (Lipinski definition) is 5. The van der Waals surface area contributed by atoms with Crippen LogP contribution in [-0.2, 0) is 10.0 Å². The van der Waals surface area contributed by atoms with Gasteiger partial charge < -0.3 is 16.8 Å². The van der Waals surface area contributed by atoms with Crippen molar-refractivity contribution >= 4 is 27.3 Å². The molecule has 1 amide bonds. The Hall–Kier alpha value is -1.80. The van der Waals surface area contributed by atoms with Crippen LogP contribution in [0.15, 0.2) is 18.2 Å². The molecule has 0 heterocycles. The molecule has 0 aliphatic carbocycles. The SMILES string of the molecule is NC(=O)c1ccc(NCCS(N)(=O)=O)c(N)c1. The molecule has 0 aromatic heterocycles. The fourth-order valence-corrected chi connectivity index (χ4v) is 1.59. The molecule has 0 saturated carbocycles. The molecular weight excluding hydrogens is 244 g/mol. The monoisotopic (exact) mass is 258 g/mol. The van der Waals surface area contributed by atoms with Gasteiger partial charge in [-0.3, -0.25) is 4.79 Å². The molecule has 94 valence electrons. The molecule has 0 saturated heterocycles. The predicted molar refractivity (Wildman–Crippen MR) is 65.8 cm³/mol. The van der Waals surface area contributed by atoms with Gasteiger partial charge in [0.25, 0.3) is 0 Å². The highest BCUT2D eigenvalue weighted by atomic mass is 32.2. The summed E-state index contributed by atoms with van der Waals surface area (Å²) in [7, 11) is -3.51. The third kappa shape index (κ3) is 4.29. The Morgan fingerprint density at radius 3 is 2.47 bits per heavy atom. The van der Waals surface area contributed by atoms with E-state index < -0.39 is 15.9 Å². The molecule has 1 aromatic carbocycles. The molecule has 0 bridgehead atoms. The van der Waals surface area contributed by atoms with E-state index in [2.05, 4.69) is 5.32 Å². The summed E-state index contributed by atoms with van der Waals surface area (Å²) in [5.41, 5.74) is 11.9. The lowest BCUT2D eigenvalue weighted by Gasteiger charge is -2.09. The molecule has 0 spiro atoms. The molecule has 0 aliphatic rings. The second-order valence-electron chi connectivity index (χ2n) is 3.46. The average molecular weight is 258 g/mol. The van der Waals surface area contributed by atoms with Gasteiger partial charge in [0.2, 0.25) is 15.9 Å². The van der Waals surface area contributed by atoms with Gasteiger partial charge in [0.15, 0.2) is 0 Å². The molecule has 7 N–H and O–H groups in total. The molecular formula is C9H14N4O3S. The summed E-state index contributed by atoms with van der Waals surface area (Å²) in [5, 5.41) is 7.64. The van der Waals surface area contributed by atoms with Crippen molar-refractivity contribution in [3.63, 3.8) is 0 Å². The van der Waals surface area contributed by atoms with Crippen molar-refractivity contribution in [1.29, 1.82) is 0 Å². The Labute approximate surface area is 99.0 Å². The van der Waals surface area contributed by atoms with Crippen LogP contribution in [0.25, 0.3) is 0 Å². The topological polar surface area (TPSA) is 141 Å². The first-order valence-electron chi connectivity index (χ1n) is 4.73. The first-order valence-corrected chi connectivity index (χ1v) is 6.45. The van der Waals surface area contributed by atoms with Gasteiger partial charge in [0, 0.05) is 12.1 Å². The standard InChI is InChI=1S/C9H14N4O3S/c10-7-5-6(9(11)14)1-2-8(7)13-3-4-17(12,15)16/h1-2,5,13H,3-4,10H2,(H2,11,14)(H2,12,15,16). The van der Waals surface area contributed by atoms with Crippen molar-refractivity contribution in [2.75, 3.05) is 23.3 Å². The van der Waals surface area contributed by atoms with Crippen molar-refractivity contribution in [3.05, 3.63) is 23.8 Å². The van der Waals surface area contributed by atoms with Crippen LogP contribution in [0.2, 0.25) is 0 Å². The van der Waals surface area contributed by atoms with Gasteiger partial charge in [-0.1, -0.05) is 0 Å². The molecule has 8 heteroatoms. The number of nitrogens with two attached hydrogens (primary N) is 3. The third-order valence-electron chi connectivity index (χ3n) is 2.04. The van der Waals surface area contributed by atoms with Crippen molar-refractivity contribution < 1.29 is 13.2 Å². The van der Waals surface area contributed by atoms with Crippen molar-refractivity contribution in [2.45, 2.75) is 0 Å². The Bertz CT molecular complexity index is 527. The molecule has 0 radical (unpaired) electrons. The van der Waals surface area contributed by atoms with Crippen LogP contribution >= 0.6 is 0 Å². The summed E-state index contributed by atoms with van der Waals surface area (Å²) in [6.45, 7) is 0.138. The number of primary amides is 1. The van der Waals surface area contributed by atoms with Gasteiger partial charge in [-0.15, -0.1) is 0 Å². The zero-order valence-corrected chi connectivity index (χ0v) is 9.83. The van der Waals surface area contributed by atoms with Gasteiger partial charge in [-0.2, -0.15) is 0 Å². The van der Waals surface area contributed by atoms with Crippen LogP contribution in [0.4, 0.5) is 11.4 Å². The molecule has 0 atom stereocenters. The molecule has 0 unspecified atom stereocenters. The number of carbonyl (C=O) groups is 1. The molecule has 1 aromatic rings. The number of rotatable bonds is 5. The Morgan fingerprint density at radius 1 is 1.35 bits per heavy atom. The van der Waals surface area contributed by atoms with E-state index >= 15 is 0 Å². The summed E-state index contributed by atoms with van der Waals surface area (Å²) in [5.74, 6) is -0.780. The maximum atomic E-state index is 10.9. The normalized spacial score (nSPS) is 11.1. The molecule has 0 aliphatic heterocycles.